The molecule has 0 fully saturated rings. The van der Waals surface area contributed by atoms with E-state index in [1.807, 2.05) is 18.2 Å². The number of ether oxygens (including phenoxy) is 1. The molecule has 0 N–H and O–H groups in total. The predicted molar refractivity (Wildman–Crippen MR) is 60.9 cm³/mol. The van der Waals surface area contributed by atoms with Crippen molar-refractivity contribution in [3.05, 3.63) is 41.5 Å². The third kappa shape index (κ3) is 4.45. The summed E-state index contributed by atoms with van der Waals surface area (Å²) in [4.78, 5) is 10.2. The number of rotatable bonds is 5. The zero-order chi connectivity index (χ0) is 11.1. The number of hydrogen-bond acceptors (Lipinski definition) is 2. The van der Waals surface area contributed by atoms with Gasteiger partial charge in [0.05, 0.1) is 0 Å². The molecule has 1 rings (SSSR count). The van der Waals surface area contributed by atoms with Gasteiger partial charge in [0.2, 0.25) is 0 Å². The van der Waals surface area contributed by atoms with E-state index >= 15 is 0 Å². The molecule has 1 aromatic carbocycles. The van der Waals surface area contributed by atoms with Crippen LogP contribution >= 0.6 is 0 Å². The van der Waals surface area contributed by atoms with Gasteiger partial charge in [0.15, 0.2) is 0 Å². The molecule has 15 heavy (non-hydrogen) atoms. The molecule has 0 spiro atoms. The highest BCUT2D eigenvalue weighted by Gasteiger charge is 1.95. The van der Waals surface area contributed by atoms with E-state index in [1.54, 1.807) is 6.07 Å². The normalized spacial score (nSPS) is 9.47. The quantitative estimate of drug-likeness (QED) is 0.544. The summed E-state index contributed by atoms with van der Waals surface area (Å²) < 4.78 is 4.78. The molecule has 0 saturated carbocycles. The maximum Gasteiger partial charge on any atom is 0.298 e. The zero-order valence-electron chi connectivity index (χ0n) is 9.19. The van der Waals surface area contributed by atoms with Gasteiger partial charge in [0, 0.05) is 0 Å². The molecule has 2 nitrogen and oxygen atoms in total. The minimum Gasteiger partial charge on any atom is -0.429 e. The van der Waals surface area contributed by atoms with Crippen LogP contribution in [0.3, 0.4) is 0 Å². The highest BCUT2D eigenvalue weighted by Crippen LogP contribution is 2.14. The molecule has 0 saturated heterocycles. The lowest BCUT2D eigenvalue weighted by Crippen LogP contribution is -1.90. The largest absolute Gasteiger partial charge is 0.429 e. The van der Waals surface area contributed by atoms with Crippen molar-refractivity contribution in [1.29, 1.82) is 0 Å². The molecule has 2 heteroatoms. The van der Waals surface area contributed by atoms with Crippen molar-refractivity contribution in [2.24, 2.45) is 0 Å². The number of benzene rings is 1. The topological polar surface area (TPSA) is 26.3 Å². The minimum atomic E-state index is 0.454. The maximum atomic E-state index is 10.2. The lowest BCUT2D eigenvalue weighted by molar-refractivity contribution is -0.120. The molecule has 0 amide bonds. The molecule has 0 aliphatic heterocycles. The van der Waals surface area contributed by atoms with Gasteiger partial charge in [-0.1, -0.05) is 23.8 Å². The van der Waals surface area contributed by atoms with Crippen LogP contribution in [0.1, 0.15) is 25.8 Å². The first-order chi connectivity index (χ1) is 7.22. The lowest BCUT2D eigenvalue weighted by Gasteiger charge is -2.01. The van der Waals surface area contributed by atoms with Crippen LogP contribution in [0.4, 0.5) is 0 Å². The van der Waals surface area contributed by atoms with E-state index in [9.17, 15) is 4.79 Å². The third-order valence-electron chi connectivity index (χ3n) is 2.07. The molecule has 0 bridgehead atoms. The van der Waals surface area contributed by atoms with Gasteiger partial charge in [0.25, 0.3) is 6.47 Å². The average molecular weight is 204 g/mol. The predicted octanol–water partition coefficient (Wildman–Crippen LogP) is 3.12. The fourth-order valence-corrected chi connectivity index (χ4v) is 1.36. The molecule has 0 radical (unpaired) electrons. The molecular formula is C13H16O2. The first-order valence-electron chi connectivity index (χ1n) is 5.05. The van der Waals surface area contributed by atoms with Crippen molar-refractivity contribution in [2.45, 2.75) is 26.7 Å². The van der Waals surface area contributed by atoms with Gasteiger partial charge >= 0.3 is 0 Å². The Morgan fingerprint density at radius 3 is 2.87 bits per heavy atom. The second kappa shape index (κ2) is 6.02. The minimum absolute atomic E-state index is 0.454. The van der Waals surface area contributed by atoms with E-state index in [2.05, 4.69) is 19.9 Å². The number of carbonyl (C=O) groups is 1. The monoisotopic (exact) mass is 204 g/mol. The summed E-state index contributed by atoms with van der Waals surface area (Å²) in [5, 5.41) is 0. The fourth-order valence-electron chi connectivity index (χ4n) is 1.36. The molecule has 0 unspecified atom stereocenters. The van der Waals surface area contributed by atoms with Crippen LogP contribution in [0.2, 0.25) is 0 Å². The van der Waals surface area contributed by atoms with Crippen molar-refractivity contribution >= 4 is 6.47 Å². The molecule has 80 valence electrons. The summed E-state index contributed by atoms with van der Waals surface area (Å²) in [6.07, 6.45) is 4.20. The van der Waals surface area contributed by atoms with Crippen LogP contribution in [0.25, 0.3) is 0 Å². The second-order valence-corrected chi connectivity index (χ2v) is 3.68. The number of allylic oxidation sites excluding steroid dienone is 2. The van der Waals surface area contributed by atoms with Gasteiger partial charge in [-0.15, -0.1) is 0 Å². The first-order valence-corrected chi connectivity index (χ1v) is 5.05. The van der Waals surface area contributed by atoms with E-state index in [0.29, 0.717) is 12.2 Å². The van der Waals surface area contributed by atoms with Gasteiger partial charge in [-0.05, 0) is 44.4 Å². The van der Waals surface area contributed by atoms with E-state index in [0.717, 1.165) is 12.8 Å². The van der Waals surface area contributed by atoms with Gasteiger partial charge < -0.3 is 4.74 Å². The summed E-state index contributed by atoms with van der Waals surface area (Å²) in [7, 11) is 0. The van der Waals surface area contributed by atoms with E-state index in [4.69, 9.17) is 4.74 Å². The molecular weight excluding hydrogens is 188 g/mol. The molecule has 0 aliphatic rings. The Labute approximate surface area is 90.6 Å². The highest BCUT2D eigenvalue weighted by molar-refractivity contribution is 5.45. The van der Waals surface area contributed by atoms with Gasteiger partial charge in [-0.3, -0.25) is 4.79 Å². The Hall–Kier alpha value is -1.57. The molecule has 0 heterocycles. The van der Waals surface area contributed by atoms with Crippen molar-refractivity contribution in [1.82, 2.24) is 0 Å². The summed E-state index contributed by atoms with van der Waals surface area (Å²) in [5.41, 5.74) is 2.52. The number of aryl methyl sites for hydroxylation is 1. The van der Waals surface area contributed by atoms with Crippen LogP contribution in [0.15, 0.2) is 35.9 Å². The van der Waals surface area contributed by atoms with Crippen molar-refractivity contribution in [3.8, 4) is 5.75 Å². The third-order valence-corrected chi connectivity index (χ3v) is 2.07. The smallest absolute Gasteiger partial charge is 0.298 e. The van der Waals surface area contributed by atoms with E-state index in [-0.39, 0.29) is 0 Å². The SMILES string of the molecule is CC(C)=CCCc1cccc(OC=O)c1. The fraction of sp³-hybridized carbons (Fsp3) is 0.308. The van der Waals surface area contributed by atoms with E-state index in [1.165, 1.54) is 11.1 Å². The molecule has 0 aliphatic carbocycles. The second-order valence-electron chi connectivity index (χ2n) is 3.68. The van der Waals surface area contributed by atoms with E-state index < -0.39 is 0 Å². The summed E-state index contributed by atoms with van der Waals surface area (Å²) in [6.45, 7) is 4.63. The Bertz CT molecular complexity index is 349. The lowest BCUT2D eigenvalue weighted by atomic mass is 10.1. The van der Waals surface area contributed by atoms with Crippen LogP contribution in [0.5, 0.6) is 5.75 Å². The van der Waals surface area contributed by atoms with Crippen LogP contribution in [-0.2, 0) is 11.2 Å². The molecule has 0 atom stereocenters. The summed E-state index contributed by atoms with van der Waals surface area (Å²) in [5.74, 6) is 0.611. The Morgan fingerprint density at radius 2 is 2.20 bits per heavy atom. The number of carbonyl (C=O) groups excluding carboxylic acids is 1. The summed E-state index contributed by atoms with van der Waals surface area (Å²) in [6, 6.07) is 7.61. The van der Waals surface area contributed by atoms with Crippen LogP contribution < -0.4 is 4.74 Å². The van der Waals surface area contributed by atoms with Crippen molar-refractivity contribution in [2.75, 3.05) is 0 Å². The number of hydrogen-bond donors (Lipinski definition) is 0. The Morgan fingerprint density at radius 1 is 1.40 bits per heavy atom. The Kier molecular flexibility index (Phi) is 4.61. The first kappa shape index (κ1) is 11.5. The van der Waals surface area contributed by atoms with Crippen LogP contribution in [0, 0.1) is 0 Å². The highest BCUT2D eigenvalue weighted by atomic mass is 16.5. The molecule has 1 aromatic rings. The van der Waals surface area contributed by atoms with Gasteiger partial charge in [-0.25, -0.2) is 0 Å². The summed E-state index contributed by atoms with van der Waals surface area (Å²) >= 11 is 0. The zero-order valence-corrected chi connectivity index (χ0v) is 9.19. The van der Waals surface area contributed by atoms with Crippen molar-refractivity contribution in [3.63, 3.8) is 0 Å². The van der Waals surface area contributed by atoms with Crippen LogP contribution in [-0.4, -0.2) is 6.47 Å². The molecule has 0 aromatic heterocycles. The van der Waals surface area contributed by atoms with Crippen molar-refractivity contribution < 1.29 is 9.53 Å². The van der Waals surface area contributed by atoms with Gasteiger partial charge in [-0.2, -0.15) is 0 Å². The Balaban J connectivity index is 2.57. The maximum absolute atomic E-state index is 10.2. The average Bonchev–Trinajstić information content (AvgIpc) is 2.18. The van der Waals surface area contributed by atoms with Gasteiger partial charge in [0.1, 0.15) is 5.75 Å². The standard InChI is InChI=1S/C13H16O2/c1-11(2)5-3-6-12-7-4-8-13(9-12)15-10-14/h4-5,7-10H,3,6H2,1-2H3.